The summed E-state index contributed by atoms with van der Waals surface area (Å²) in [6.45, 7) is 7.27. The highest BCUT2D eigenvalue weighted by molar-refractivity contribution is 8.14. The van der Waals surface area contributed by atoms with E-state index < -0.39 is 0 Å². The van der Waals surface area contributed by atoms with Crippen LogP contribution in [0.1, 0.15) is 6.92 Å². The molecule has 0 saturated carbocycles. The zero-order valence-electron chi connectivity index (χ0n) is 16.8. The minimum atomic E-state index is -0.145. The minimum Gasteiger partial charge on any atom is -0.494 e. The molecule has 0 aliphatic carbocycles. The van der Waals surface area contributed by atoms with Crippen molar-refractivity contribution in [2.45, 2.75) is 6.92 Å². The molecular formula is C22H24N4O3S. The molecule has 2 aromatic rings. The first-order valence-corrected chi connectivity index (χ1v) is 10.5. The molecule has 0 atom stereocenters. The van der Waals surface area contributed by atoms with Crippen LogP contribution < -0.4 is 14.8 Å². The summed E-state index contributed by atoms with van der Waals surface area (Å²) in [6.07, 6.45) is 1.76. The van der Waals surface area contributed by atoms with E-state index in [0.29, 0.717) is 42.2 Å². The van der Waals surface area contributed by atoms with Crippen LogP contribution in [0.4, 0.5) is 5.69 Å². The summed E-state index contributed by atoms with van der Waals surface area (Å²) in [7, 11) is 0. The van der Waals surface area contributed by atoms with Gasteiger partial charge in [0.2, 0.25) is 17.0 Å². The van der Waals surface area contributed by atoms with Gasteiger partial charge in [0.25, 0.3) is 0 Å². The number of amides is 1. The number of ether oxygens (including phenoxy) is 2. The molecular weight excluding hydrogens is 400 g/mol. The van der Waals surface area contributed by atoms with Gasteiger partial charge in [0.15, 0.2) is 0 Å². The summed E-state index contributed by atoms with van der Waals surface area (Å²) in [5.74, 6) is 2.02. The Hall–Kier alpha value is -3.26. The van der Waals surface area contributed by atoms with Crippen LogP contribution in [0, 0.1) is 0 Å². The third kappa shape index (κ3) is 6.66. The third-order valence-electron chi connectivity index (χ3n) is 3.87. The van der Waals surface area contributed by atoms with Crippen molar-refractivity contribution in [3.05, 3.63) is 67.3 Å². The lowest BCUT2D eigenvalue weighted by molar-refractivity contribution is -0.113. The van der Waals surface area contributed by atoms with Gasteiger partial charge in [0.1, 0.15) is 18.0 Å². The number of amidine groups is 1. The van der Waals surface area contributed by atoms with Gasteiger partial charge in [-0.1, -0.05) is 36.0 Å². The number of hydrogen-bond acceptors (Lipinski definition) is 7. The highest BCUT2D eigenvalue weighted by atomic mass is 32.2. The summed E-state index contributed by atoms with van der Waals surface area (Å²) in [4.78, 5) is 16.8. The standard InChI is InChI=1S/C22H24N4O3S/c1-3-14-26-15-21(29-19-8-6-5-7-9-19)24-22(25-26)30-16-20(27)23-17-10-12-18(13-11-17)28-4-2/h3,5-13H,1,4,14-16H2,2H3,(H,23,27). The number of benzene rings is 2. The molecule has 1 N–H and O–H groups in total. The highest BCUT2D eigenvalue weighted by Gasteiger charge is 2.18. The summed E-state index contributed by atoms with van der Waals surface area (Å²) >= 11 is 1.25. The van der Waals surface area contributed by atoms with Gasteiger partial charge in [-0.2, -0.15) is 4.99 Å². The number of rotatable bonds is 8. The molecule has 0 fully saturated rings. The van der Waals surface area contributed by atoms with Crippen molar-refractivity contribution < 1.29 is 14.3 Å². The number of nitrogens with one attached hydrogen (secondary N) is 1. The topological polar surface area (TPSA) is 75.5 Å². The number of carbonyl (C=O) groups excluding carboxylic acids is 1. The Morgan fingerprint density at radius 3 is 2.67 bits per heavy atom. The fraction of sp³-hybridized carbons (Fsp3) is 0.227. The van der Waals surface area contributed by atoms with Crippen LogP contribution in [0.3, 0.4) is 0 Å². The fourth-order valence-corrected chi connectivity index (χ4v) is 3.27. The zero-order chi connectivity index (χ0) is 21.2. The number of nitrogens with zero attached hydrogens (tertiary/aromatic N) is 3. The Labute approximate surface area is 180 Å². The number of para-hydroxylation sites is 1. The SMILES string of the molecule is C=CCN1CC(Oc2ccccc2)=NC(SCC(=O)Nc2ccc(OCC)cc2)=N1. The minimum absolute atomic E-state index is 0.145. The molecule has 3 rings (SSSR count). The molecule has 7 nitrogen and oxygen atoms in total. The van der Waals surface area contributed by atoms with Crippen LogP contribution in [0.15, 0.2) is 77.3 Å². The average molecular weight is 425 g/mol. The maximum atomic E-state index is 12.3. The van der Waals surface area contributed by atoms with Gasteiger partial charge in [0, 0.05) is 5.69 Å². The first-order chi connectivity index (χ1) is 14.7. The Morgan fingerprint density at radius 2 is 1.97 bits per heavy atom. The van der Waals surface area contributed by atoms with E-state index in [-0.39, 0.29) is 11.7 Å². The summed E-state index contributed by atoms with van der Waals surface area (Å²) < 4.78 is 11.3. The van der Waals surface area contributed by atoms with Crippen molar-refractivity contribution in [3.8, 4) is 11.5 Å². The van der Waals surface area contributed by atoms with E-state index >= 15 is 0 Å². The molecule has 0 radical (unpaired) electrons. The monoisotopic (exact) mass is 424 g/mol. The maximum absolute atomic E-state index is 12.3. The molecule has 0 saturated heterocycles. The Bertz CT molecular complexity index is 914. The van der Waals surface area contributed by atoms with Crippen molar-refractivity contribution in [2.75, 3.05) is 30.8 Å². The molecule has 1 heterocycles. The van der Waals surface area contributed by atoms with Crippen LogP contribution in [0.2, 0.25) is 0 Å². The molecule has 1 amide bonds. The van der Waals surface area contributed by atoms with E-state index in [1.54, 1.807) is 11.1 Å². The highest BCUT2D eigenvalue weighted by Crippen LogP contribution is 2.18. The second-order valence-corrected chi connectivity index (χ2v) is 7.18. The van der Waals surface area contributed by atoms with E-state index in [1.165, 1.54) is 11.8 Å². The Balaban J connectivity index is 1.58. The molecule has 8 heteroatoms. The van der Waals surface area contributed by atoms with Gasteiger partial charge in [-0.15, -0.1) is 11.7 Å². The van der Waals surface area contributed by atoms with Gasteiger partial charge >= 0.3 is 0 Å². The molecule has 0 aromatic heterocycles. The largest absolute Gasteiger partial charge is 0.494 e. The third-order valence-corrected chi connectivity index (χ3v) is 4.70. The average Bonchev–Trinajstić information content (AvgIpc) is 2.75. The summed E-state index contributed by atoms with van der Waals surface area (Å²) in [5, 5.41) is 9.58. The predicted octanol–water partition coefficient (Wildman–Crippen LogP) is 4.01. The lowest BCUT2D eigenvalue weighted by atomic mass is 10.3. The van der Waals surface area contributed by atoms with Gasteiger partial charge in [-0.05, 0) is 43.3 Å². The van der Waals surface area contributed by atoms with E-state index in [4.69, 9.17) is 9.47 Å². The molecule has 30 heavy (non-hydrogen) atoms. The normalized spacial score (nSPS) is 13.2. The molecule has 2 aromatic carbocycles. The molecule has 0 unspecified atom stereocenters. The summed E-state index contributed by atoms with van der Waals surface area (Å²) in [5.41, 5.74) is 0.708. The smallest absolute Gasteiger partial charge is 0.234 e. The van der Waals surface area contributed by atoms with Crippen LogP contribution >= 0.6 is 11.8 Å². The Kier molecular flexibility index (Phi) is 7.91. The number of thioether (sulfide) groups is 1. The van der Waals surface area contributed by atoms with Gasteiger partial charge < -0.3 is 14.8 Å². The van der Waals surface area contributed by atoms with Crippen LogP contribution in [0.5, 0.6) is 11.5 Å². The molecule has 1 aliphatic rings. The Morgan fingerprint density at radius 1 is 1.20 bits per heavy atom. The number of carbonyl (C=O) groups is 1. The van der Waals surface area contributed by atoms with E-state index in [2.05, 4.69) is 22.0 Å². The quantitative estimate of drug-likeness (QED) is 0.648. The molecule has 156 valence electrons. The van der Waals surface area contributed by atoms with Crippen molar-refractivity contribution in [3.63, 3.8) is 0 Å². The lowest BCUT2D eigenvalue weighted by Crippen LogP contribution is -2.33. The van der Waals surface area contributed by atoms with E-state index in [9.17, 15) is 4.79 Å². The van der Waals surface area contributed by atoms with E-state index in [1.807, 2.05) is 61.5 Å². The number of hydrazone groups is 1. The number of hydrogen-bond donors (Lipinski definition) is 1. The van der Waals surface area contributed by atoms with Gasteiger partial charge in [0.05, 0.1) is 18.9 Å². The maximum Gasteiger partial charge on any atom is 0.234 e. The van der Waals surface area contributed by atoms with Crippen LogP contribution in [0.25, 0.3) is 0 Å². The second kappa shape index (κ2) is 11.1. The summed E-state index contributed by atoms with van der Waals surface area (Å²) in [6, 6.07) is 16.7. The number of anilines is 1. The molecule has 0 bridgehead atoms. The predicted molar refractivity (Wildman–Crippen MR) is 122 cm³/mol. The number of aliphatic imine (C=N–C) groups is 1. The van der Waals surface area contributed by atoms with Gasteiger partial charge in [-0.3, -0.25) is 9.80 Å². The van der Waals surface area contributed by atoms with Crippen molar-refractivity contribution in [1.29, 1.82) is 0 Å². The van der Waals surface area contributed by atoms with Crippen molar-refractivity contribution in [1.82, 2.24) is 5.01 Å². The van der Waals surface area contributed by atoms with Gasteiger partial charge in [-0.25, -0.2) is 0 Å². The van der Waals surface area contributed by atoms with Crippen molar-refractivity contribution >= 4 is 34.4 Å². The fourth-order valence-electron chi connectivity index (χ4n) is 2.60. The van der Waals surface area contributed by atoms with E-state index in [0.717, 1.165) is 5.75 Å². The molecule has 1 aliphatic heterocycles. The van der Waals surface area contributed by atoms with Crippen LogP contribution in [-0.2, 0) is 4.79 Å². The van der Waals surface area contributed by atoms with Crippen LogP contribution in [-0.4, -0.2) is 47.4 Å². The lowest BCUT2D eigenvalue weighted by Gasteiger charge is -2.23. The molecule has 0 spiro atoms. The first-order valence-electron chi connectivity index (χ1n) is 9.56. The zero-order valence-corrected chi connectivity index (χ0v) is 17.6. The second-order valence-electron chi connectivity index (χ2n) is 6.23. The van der Waals surface area contributed by atoms with Crippen molar-refractivity contribution in [2.24, 2.45) is 10.1 Å². The first kappa shape index (κ1) is 21.4.